The summed E-state index contributed by atoms with van der Waals surface area (Å²) in [6, 6.07) is 0.441. The van der Waals surface area contributed by atoms with E-state index in [0.717, 1.165) is 19.5 Å². The van der Waals surface area contributed by atoms with Crippen LogP contribution in [0, 0.1) is 0 Å². The molecule has 1 aliphatic heterocycles. The summed E-state index contributed by atoms with van der Waals surface area (Å²) in [5.41, 5.74) is 0. The highest BCUT2D eigenvalue weighted by Gasteiger charge is 2.16. The molecule has 2 N–H and O–H groups in total. The fourth-order valence-corrected chi connectivity index (χ4v) is 1.77. The first-order chi connectivity index (χ1) is 6.27. The lowest BCUT2D eigenvalue weighted by Crippen LogP contribution is -2.27. The average molecular weight is 202 g/mol. The maximum atomic E-state index is 9.18. The Bertz CT molecular complexity index is 294. The molecular weight excluding hydrogens is 190 g/mol. The predicted octanol–water partition coefficient (Wildman–Crippen LogP) is 0.994. The minimum Gasteiger partial charge on any atom is -0.504 e. The van der Waals surface area contributed by atoms with Gasteiger partial charge < -0.3 is 10.4 Å². The quantitative estimate of drug-likeness (QED) is 0.751. The van der Waals surface area contributed by atoms with Crippen LogP contribution in [0.1, 0.15) is 12.8 Å². The Kier molecular flexibility index (Phi) is 2.42. The van der Waals surface area contributed by atoms with Crippen molar-refractivity contribution in [3.05, 3.63) is 11.3 Å². The van der Waals surface area contributed by atoms with E-state index in [1.807, 2.05) is 0 Å². The first-order valence-electron chi connectivity index (χ1n) is 4.41. The molecule has 1 unspecified atom stereocenters. The van der Waals surface area contributed by atoms with E-state index >= 15 is 0 Å². The Hall–Kier alpha value is -0.740. The molecule has 5 heteroatoms. The number of rotatable bonds is 2. The molecule has 1 saturated heterocycles. The highest BCUT2D eigenvalue weighted by Crippen LogP contribution is 2.22. The van der Waals surface area contributed by atoms with E-state index in [-0.39, 0.29) is 5.75 Å². The highest BCUT2D eigenvalue weighted by atomic mass is 35.5. The predicted molar refractivity (Wildman–Crippen MR) is 49.9 cm³/mol. The van der Waals surface area contributed by atoms with E-state index in [1.165, 1.54) is 12.6 Å². The van der Waals surface area contributed by atoms with Gasteiger partial charge in [0.2, 0.25) is 0 Å². The lowest BCUT2D eigenvalue weighted by molar-refractivity contribution is 0.461. The van der Waals surface area contributed by atoms with Crippen LogP contribution >= 0.6 is 11.6 Å². The van der Waals surface area contributed by atoms with Gasteiger partial charge in [0.1, 0.15) is 0 Å². The van der Waals surface area contributed by atoms with Crippen LogP contribution in [-0.2, 0) is 6.54 Å². The molecule has 1 aliphatic rings. The topological polar surface area (TPSA) is 50.1 Å². The minimum absolute atomic E-state index is 0.0552. The molecule has 2 heterocycles. The molecule has 0 radical (unpaired) electrons. The third kappa shape index (κ3) is 1.78. The summed E-state index contributed by atoms with van der Waals surface area (Å²) in [5, 5.41) is 16.8. The van der Waals surface area contributed by atoms with Gasteiger partial charge >= 0.3 is 0 Å². The molecule has 72 valence electrons. The molecule has 0 saturated carbocycles. The molecule has 1 fully saturated rings. The zero-order valence-electron chi connectivity index (χ0n) is 7.20. The summed E-state index contributed by atoms with van der Waals surface area (Å²) in [7, 11) is 0. The molecule has 0 spiro atoms. The Morgan fingerprint density at radius 3 is 3.15 bits per heavy atom. The van der Waals surface area contributed by atoms with Crippen molar-refractivity contribution in [2.75, 3.05) is 6.54 Å². The van der Waals surface area contributed by atoms with Crippen LogP contribution in [0.25, 0.3) is 0 Å². The lowest BCUT2D eigenvalue weighted by atomic mass is 10.2. The second-order valence-electron chi connectivity index (χ2n) is 3.30. The Labute approximate surface area is 81.5 Å². The number of aromatic hydroxyl groups is 1. The third-order valence-corrected chi connectivity index (χ3v) is 2.70. The van der Waals surface area contributed by atoms with Gasteiger partial charge in [0, 0.05) is 6.04 Å². The van der Waals surface area contributed by atoms with E-state index in [1.54, 1.807) is 4.68 Å². The van der Waals surface area contributed by atoms with Crippen molar-refractivity contribution in [2.24, 2.45) is 0 Å². The Morgan fingerprint density at radius 2 is 2.62 bits per heavy atom. The molecule has 1 aromatic rings. The number of hydrogen-bond acceptors (Lipinski definition) is 3. The fraction of sp³-hybridized carbons (Fsp3) is 0.625. The van der Waals surface area contributed by atoms with Crippen LogP contribution in [-0.4, -0.2) is 27.5 Å². The largest absolute Gasteiger partial charge is 0.504 e. The van der Waals surface area contributed by atoms with Gasteiger partial charge in [-0.25, -0.2) is 4.68 Å². The molecule has 1 atom stereocenters. The summed E-state index contributed by atoms with van der Waals surface area (Å²) in [6.07, 6.45) is 3.73. The van der Waals surface area contributed by atoms with Gasteiger partial charge in [0.15, 0.2) is 10.9 Å². The van der Waals surface area contributed by atoms with E-state index in [4.69, 9.17) is 11.6 Å². The first kappa shape index (κ1) is 8.84. The van der Waals surface area contributed by atoms with Crippen molar-refractivity contribution in [2.45, 2.75) is 25.4 Å². The van der Waals surface area contributed by atoms with Crippen LogP contribution in [0.2, 0.25) is 5.15 Å². The van der Waals surface area contributed by atoms with Gasteiger partial charge in [-0.05, 0) is 19.4 Å². The minimum atomic E-state index is 0.0552. The summed E-state index contributed by atoms with van der Waals surface area (Å²) in [6.45, 7) is 1.80. The maximum absolute atomic E-state index is 9.18. The number of aromatic nitrogens is 2. The van der Waals surface area contributed by atoms with Crippen LogP contribution in [0.5, 0.6) is 5.75 Å². The number of nitrogens with zero attached hydrogens (tertiary/aromatic N) is 2. The third-order valence-electron chi connectivity index (χ3n) is 2.31. The molecule has 13 heavy (non-hydrogen) atoms. The second-order valence-corrected chi connectivity index (χ2v) is 3.65. The normalized spacial score (nSPS) is 22.4. The summed E-state index contributed by atoms with van der Waals surface area (Å²) in [5.74, 6) is 0.0552. The van der Waals surface area contributed by atoms with E-state index < -0.39 is 0 Å². The molecular formula is C8H12ClN3O. The SMILES string of the molecule is Oc1cnn(CC2CCCN2)c1Cl. The zero-order valence-corrected chi connectivity index (χ0v) is 7.96. The van der Waals surface area contributed by atoms with Gasteiger partial charge in [-0.2, -0.15) is 5.10 Å². The van der Waals surface area contributed by atoms with Crippen LogP contribution in [0.3, 0.4) is 0 Å². The summed E-state index contributed by atoms with van der Waals surface area (Å²) in [4.78, 5) is 0. The van der Waals surface area contributed by atoms with Crippen molar-refractivity contribution < 1.29 is 5.11 Å². The van der Waals surface area contributed by atoms with Gasteiger partial charge in [0.25, 0.3) is 0 Å². The fourth-order valence-electron chi connectivity index (χ4n) is 1.61. The van der Waals surface area contributed by atoms with Crippen molar-refractivity contribution in [3.8, 4) is 5.75 Å². The number of nitrogens with one attached hydrogen (secondary N) is 1. The standard InChI is InChI=1S/C8H12ClN3O/c9-8-7(13)4-11-12(8)5-6-2-1-3-10-6/h4,6,10,13H,1-3,5H2. The molecule has 0 amide bonds. The van der Waals surface area contributed by atoms with Gasteiger partial charge in [0.05, 0.1) is 12.7 Å². The van der Waals surface area contributed by atoms with Crippen molar-refractivity contribution in [1.82, 2.24) is 15.1 Å². The monoisotopic (exact) mass is 201 g/mol. The lowest BCUT2D eigenvalue weighted by Gasteiger charge is -2.10. The van der Waals surface area contributed by atoms with Crippen molar-refractivity contribution >= 4 is 11.6 Å². The van der Waals surface area contributed by atoms with Crippen molar-refractivity contribution in [3.63, 3.8) is 0 Å². The van der Waals surface area contributed by atoms with E-state index in [2.05, 4.69) is 10.4 Å². The van der Waals surface area contributed by atoms with Gasteiger partial charge in [-0.1, -0.05) is 11.6 Å². The van der Waals surface area contributed by atoms with Crippen LogP contribution < -0.4 is 5.32 Å². The molecule has 1 aromatic heterocycles. The van der Waals surface area contributed by atoms with Gasteiger partial charge in [-0.3, -0.25) is 0 Å². The number of hydrogen-bond donors (Lipinski definition) is 2. The van der Waals surface area contributed by atoms with Crippen LogP contribution in [0.4, 0.5) is 0 Å². The summed E-state index contributed by atoms with van der Waals surface area (Å²) >= 11 is 5.81. The highest BCUT2D eigenvalue weighted by molar-refractivity contribution is 6.30. The molecule has 2 rings (SSSR count). The summed E-state index contributed by atoms with van der Waals surface area (Å²) < 4.78 is 1.62. The zero-order chi connectivity index (χ0) is 9.26. The Balaban J connectivity index is 2.04. The van der Waals surface area contributed by atoms with E-state index in [0.29, 0.717) is 11.2 Å². The number of halogens is 1. The molecule has 0 aliphatic carbocycles. The second kappa shape index (κ2) is 3.55. The maximum Gasteiger partial charge on any atom is 0.172 e. The smallest absolute Gasteiger partial charge is 0.172 e. The van der Waals surface area contributed by atoms with Crippen LogP contribution in [0.15, 0.2) is 6.20 Å². The molecule has 0 bridgehead atoms. The van der Waals surface area contributed by atoms with Gasteiger partial charge in [-0.15, -0.1) is 0 Å². The van der Waals surface area contributed by atoms with Crippen molar-refractivity contribution in [1.29, 1.82) is 0 Å². The molecule has 0 aromatic carbocycles. The average Bonchev–Trinajstić information content (AvgIpc) is 2.71. The first-order valence-corrected chi connectivity index (χ1v) is 4.79. The van der Waals surface area contributed by atoms with E-state index in [9.17, 15) is 5.11 Å². The molecule has 4 nitrogen and oxygen atoms in total. The Morgan fingerprint density at radius 1 is 1.77 bits per heavy atom.